The summed E-state index contributed by atoms with van der Waals surface area (Å²) in [7, 11) is -2.28. The molecule has 4 rings (SSSR count). The highest BCUT2D eigenvalue weighted by Gasteiger charge is 2.33. The molecule has 2 aromatic carbocycles. The number of nitrogens with zero attached hydrogens (tertiary/aromatic N) is 1. The predicted octanol–water partition coefficient (Wildman–Crippen LogP) is 5.11. The van der Waals surface area contributed by atoms with Crippen molar-refractivity contribution in [1.29, 1.82) is 0 Å². The smallest absolute Gasteiger partial charge is 0.286 e. The van der Waals surface area contributed by atoms with Crippen molar-refractivity contribution in [1.82, 2.24) is 0 Å². The Morgan fingerprint density at radius 2 is 1.93 bits per heavy atom. The summed E-state index contributed by atoms with van der Waals surface area (Å²) in [6.45, 7) is 0. The Balaban J connectivity index is 1.84. The van der Waals surface area contributed by atoms with Crippen LogP contribution in [0, 0.1) is 5.92 Å². The second-order valence-corrected chi connectivity index (χ2v) is 8.89. The summed E-state index contributed by atoms with van der Waals surface area (Å²) in [5.41, 5.74) is 1.73. The second-order valence-electron chi connectivity index (χ2n) is 6.94. The van der Waals surface area contributed by atoms with Gasteiger partial charge in [0.15, 0.2) is 0 Å². The van der Waals surface area contributed by atoms with Crippen molar-refractivity contribution in [3.63, 3.8) is 0 Å². The van der Waals surface area contributed by atoms with Gasteiger partial charge in [0.25, 0.3) is 10.0 Å². The maximum Gasteiger partial charge on any atom is 0.286 e. The number of amidine groups is 1. The standard InChI is InChI=1S/C20H21ClN2O3S/c1-26-15-9-5-8-14(12-15)16-10-11-17(21)18-19(16)27(24,25)23-20(22-18)13-6-3-2-4-7-13/h5,8-13H,2-4,6-7H2,1H3,(H,22,23). The number of hydrogen-bond acceptors (Lipinski definition) is 4. The Bertz CT molecular complexity index is 1010. The monoisotopic (exact) mass is 404 g/mol. The zero-order valence-electron chi connectivity index (χ0n) is 15.0. The highest BCUT2D eigenvalue weighted by atomic mass is 35.5. The molecule has 0 bridgehead atoms. The van der Waals surface area contributed by atoms with Crippen LogP contribution in [0.3, 0.4) is 0 Å². The van der Waals surface area contributed by atoms with Gasteiger partial charge >= 0.3 is 0 Å². The van der Waals surface area contributed by atoms with Gasteiger partial charge in [0, 0.05) is 11.5 Å². The van der Waals surface area contributed by atoms with Crippen LogP contribution in [0.5, 0.6) is 5.75 Å². The lowest BCUT2D eigenvalue weighted by molar-refractivity contribution is 0.415. The highest BCUT2D eigenvalue weighted by Crippen LogP contribution is 2.42. The van der Waals surface area contributed by atoms with E-state index in [4.69, 9.17) is 16.3 Å². The molecule has 1 fully saturated rings. The number of ether oxygens (including phenoxy) is 1. The van der Waals surface area contributed by atoms with Crippen molar-refractivity contribution in [2.24, 2.45) is 10.3 Å². The van der Waals surface area contributed by atoms with Crippen LogP contribution in [0.25, 0.3) is 11.1 Å². The van der Waals surface area contributed by atoms with E-state index in [0.29, 0.717) is 27.9 Å². The maximum atomic E-state index is 13.1. The minimum Gasteiger partial charge on any atom is -0.497 e. The van der Waals surface area contributed by atoms with Crippen LogP contribution in [0.4, 0.5) is 5.69 Å². The van der Waals surface area contributed by atoms with Gasteiger partial charge in [-0.15, -0.1) is 4.40 Å². The maximum absolute atomic E-state index is 13.1. The quantitative estimate of drug-likeness (QED) is 0.771. The second kappa shape index (κ2) is 7.17. The largest absolute Gasteiger partial charge is 0.497 e. The Hall–Kier alpha value is -2.05. The number of nitrogens with one attached hydrogen (secondary N) is 1. The van der Waals surface area contributed by atoms with Gasteiger partial charge in [0.1, 0.15) is 16.5 Å². The van der Waals surface area contributed by atoms with E-state index in [0.717, 1.165) is 31.2 Å². The summed E-state index contributed by atoms with van der Waals surface area (Å²) in [4.78, 5) is 0.128. The van der Waals surface area contributed by atoms with Crippen LogP contribution >= 0.6 is 11.6 Å². The number of benzene rings is 2. The molecule has 1 heterocycles. The van der Waals surface area contributed by atoms with Crippen LogP contribution in [-0.4, -0.2) is 21.4 Å². The minimum absolute atomic E-state index is 0.128. The highest BCUT2D eigenvalue weighted by molar-refractivity contribution is 7.90. The van der Waals surface area contributed by atoms with Crippen molar-refractivity contribution in [2.45, 2.75) is 37.0 Å². The van der Waals surface area contributed by atoms with Crippen molar-refractivity contribution in [2.75, 3.05) is 12.4 Å². The first-order valence-electron chi connectivity index (χ1n) is 9.08. The van der Waals surface area contributed by atoms with Crippen molar-refractivity contribution in [3.8, 4) is 16.9 Å². The molecule has 5 nitrogen and oxygen atoms in total. The molecule has 142 valence electrons. The van der Waals surface area contributed by atoms with E-state index in [1.54, 1.807) is 25.3 Å². The van der Waals surface area contributed by atoms with Crippen LogP contribution in [0.2, 0.25) is 5.02 Å². The lowest BCUT2D eigenvalue weighted by Gasteiger charge is -2.28. The fraction of sp³-hybridized carbons (Fsp3) is 0.350. The van der Waals surface area contributed by atoms with Crippen LogP contribution in [-0.2, 0) is 10.0 Å². The van der Waals surface area contributed by atoms with Crippen LogP contribution in [0.1, 0.15) is 32.1 Å². The Labute approximate surface area is 164 Å². The molecule has 2 aromatic rings. The first-order valence-corrected chi connectivity index (χ1v) is 10.9. The average molecular weight is 405 g/mol. The van der Waals surface area contributed by atoms with Gasteiger partial charge in [-0.25, -0.2) is 0 Å². The number of hydrogen-bond donors (Lipinski definition) is 1. The molecule has 1 aliphatic heterocycles. The molecule has 0 saturated heterocycles. The summed E-state index contributed by atoms with van der Waals surface area (Å²) in [6.07, 6.45) is 5.27. The zero-order chi connectivity index (χ0) is 19.0. The van der Waals surface area contributed by atoms with Gasteiger partial charge in [-0.1, -0.05) is 49.1 Å². The molecule has 1 aliphatic carbocycles. The van der Waals surface area contributed by atoms with Crippen molar-refractivity contribution in [3.05, 3.63) is 41.4 Å². The topological polar surface area (TPSA) is 67.8 Å². The summed E-state index contributed by atoms with van der Waals surface area (Å²) < 4.78 is 35.6. The summed E-state index contributed by atoms with van der Waals surface area (Å²) >= 11 is 6.39. The van der Waals surface area contributed by atoms with E-state index >= 15 is 0 Å². The molecular formula is C20H21ClN2O3S. The van der Waals surface area contributed by atoms with E-state index < -0.39 is 10.0 Å². The fourth-order valence-corrected chi connectivity index (χ4v) is 5.53. The lowest BCUT2D eigenvalue weighted by Crippen LogP contribution is -2.30. The first-order chi connectivity index (χ1) is 13.0. The third-order valence-corrected chi connectivity index (χ3v) is 6.90. The molecule has 7 heteroatoms. The fourth-order valence-electron chi connectivity index (χ4n) is 3.84. The molecule has 0 aromatic heterocycles. The van der Waals surface area contributed by atoms with Gasteiger partial charge in [-0.3, -0.25) is 0 Å². The molecule has 27 heavy (non-hydrogen) atoms. The number of sulfonamides is 1. The van der Waals surface area contributed by atoms with E-state index in [-0.39, 0.29) is 10.8 Å². The van der Waals surface area contributed by atoms with E-state index in [2.05, 4.69) is 9.71 Å². The molecule has 1 N–H and O–H groups in total. The number of methoxy groups -OCH3 is 1. The molecule has 0 amide bonds. The number of halogens is 1. The molecule has 0 radical (unpaired) electrons. The summed E-state index contributed by atoms with van der Waals surface area (Å²) in [5.74, 6) is 1.31. The molecule has 1 saturated carbocycles. The van der Waals surface area contributed by atoms with Gasteiger partial charge in [0.2, 0.25) is 0 Å². The molecule has 2 aliphatic rings. The molecule has 0 unspecified atom stereocenters. The van der Waals surface area contributed by atoms with E-state index in [9.17, 15) is 8.42 Å². The molecule has 0 spiro atoms. The minimum atomic E-state index is -3.86. The number of rotatable bonds is 3. The first kappa shape index (κ1) is 18.3. The summed E-state index contributed by atoms with van der Waals surface area (Å²) in [6, 6.07) is 10.7. The van der Waals surface area contributed by atoms with Gasteiger partial charge < -0.3 is 10.1 Å². The van der Waals surface area contributed by atoms with Crippen molar-refractivity contribution < 1.29 is 13.2 Å². The number of fused-ring (bicyclic) bond motifs is 1. The lowest BCUT2D eigenvalue weighted by atomic mass is 9.88. The van der Waals surface area contributed by atoms with Gasteiger partial charge in [-0.2, -0.15) is 8.42 Å². The number of anilines is 1. The third-order valence-electron chi connectivity index (χ3n) is 5.21. The SMILES string of the molecule is COc1cccc(-c2ccc(Cl)c3c2S(=O)(=O)N=C(C2CCCCC2)N3)c1. The Morgan fingerprint density at radius 1 is 1.15 bits per heavy atom. The van der Waals surface area contributed by atoms with Gasteiger partial charge in [0.05, 0.1) is 17.8 Å². The van der Waals surface area contributed by atoms with E-state index in [1.807, 2.05) is 18.2 Å². The Morgan fingerprint density at radius 3 is 2.67 bits per heavy atom. The predicted molar refractivity (Wildman–Crippen MR) is 108 cm³/mol. The van der Waals surface area contributed by atoms with Crippen LogP contribution in [0.15, 0.2) is 45.7 Å². The molecule has 0 atom stereocenters. The average Bonchev–Trinajstić information content (AvgIpc) is 2.69. The summed E-state index contributed by atoms with van der Waals surface area (Å²) in [5, 5.41) is 3.62. The normalized spacial score (nSPS) is 19.0. The zero-order valence-corrected chi connectivity index (χ0v) is 16.6. The van der Waals surface area contributed by atoms with E-state index in [1.165, 1.54) is 6.42 Å². The molecular weight excluding hydrogens is 384 g/mol. The Kier molecular flexibility index (Phi) is 4.86. The third kappa shape index (κ3) is 3.44. The van der Waals surface area contributed by atoms with Gasteiger partial charge in [-0.05, 0) is 36.6 Å². The van der Waals surface area contributed by atoms with Crippen molar-refractivity contribution >= 4 is 33.1 Å². The van der Waals surface area contributed by atoms with Crippen LogP contribution < -0.4 is 10.1 Å².